The quantitative estimate of drug-likeness (QED) is 0.830. The molecule has 0 saturated heterocycles. The van der Waals surface area contributed by atoms with Gasteiger partial charge in [-0.05, 0) is 40.8 Å². The lowest BCUT2D eigenvalue weighted by molar-refractivity contribution is 0.391. The van der Waals surface area contributed by atoms with Crippen molar-refractivity contribution in [3.63, 3.8) is 0 Å². The van der Waals surface area contributed by atoms with Crippen LogP contribution in [0.15, 0.2) is 0 Å². The molecule has 1 fully saturated rings. The molecule has 1 saturated carbocycles. The molecule has 0 amide bonds. The Labute approximate surface area is 109 Å². The number of nitrogen functional groups attached to an aromatic ring is 1. The van der Waals surface area contributed by atoms with Crippen molar-refractivity contribution in [1.29, 1.82) is 0 Å². The molecular weight excluding hydrogens is 226 g/mol. The van der Waals surface area contributed by atoms with Crippen LogP contribution in [0.3, 0.4) is 0 Å². The molecule has 100 valence electrons. The van der Waals surface area contributed by atoms with Crippen molar-refractivity contribution < 1.29 is 0 Å². The molecule has 0 radical (unpaired) electrons. The molecule has 3 N–H and O–H groups in total. The van der Waals surface area contributed by atoms with Gasteiger partial charge in [0.2, 0.25) is 0 Å². The summed E-state index contributed by atoms with van der Waals surface area (Å²) in [5, 5.41) is 3.43. The third-order valence-corrected chi connectivity index (χ3v) is 3.17. The molecule has 1 atom stereocenters. The number of hydrogen-bond acceptors (Lipinski definition) is 5. The number of nitrogens with zero attached hydrogens (tertiary/aromatic N) is 3. The van der Waals surface area contributed by atoms with Crippen molar-refractivity contribution in [3.05, 3.63) is 11.4 Å². The molecular formula is C13H23N5. The number of aromatic nitrogens is 2. The van der Waals surface area contributed by atoms with E-state index in [0.717, 1.165) is 23.8 Å². The minimum Gasteiger partial charge on any atom is -0.383 e. The Morgan fingerprint density at radius 1 is 1.39 bits per heavy atom. The van der Waals surface area contributed by atoms with E-state index in [2.05, 4.69) is 41.2 Å². The zero-order valence-electron chi connectivity index (χ0n) is 11.7. The Bertz CT molecular complexity index is 426. The van der Waals surface area contributed by atoms with Crippen LogP contribution in [0.4, 0.5) is 11.6 Å². The fraction of sp³-hybridized carbons (Fsp3) is 0.692. The first kappa shape index (κ1) is 13.1. The molecule has 0 aromatic carbocycles. The average Bonchev–Trinajstić information content (AvgIpc) is 3.06. The highest BCUT2D eigenvalue weighted by Crippen LogP contribution is 2.39. The van der Waals surface area contributed by atoms with Crippen molar-refractivity contribution in [2.45, 2.75) is 38.6 Å². The standard InChI is InChI=1S/C13H23N5/c1-8(7-18(3)4)15-12-9(2)11(14)16-13(17-12)10-5-6-10/h8,10H,5-7H2,1-4H3,(H3,14,15,16,17). The van der Waals surface area contributed by atoms with Crippen molar-refractivity contribution >= 4 is 11.6 Å². The van der Waals surface area contributed by atoms with Gasteiger partial charge in [0, 0.05) is 24.1 Å². The lowest BCUT2D eigenvalue weighted by atomic mass is 10.2. The van der Waals surface area contributed by atoms with Crippen LogP contribution in [0.1, 0.15) is 37.1 Å². The summed E-state index contributed by atoms with van der Waals surface area (Å²) < 4.78 is 0. The van der Waals surface area contributed by atoms with Gasteiger partial charge in [0.25, 0.3) is 0 Å². The molecule has 2 rings (SSSR count). The zero-order valence-corrected chi connectivity index (χ0v) is 11.7. The monoisotopic (exact) mass is 249 g/mol. The second kappa shape index (κ2) is 5.10. The highest BCUT2D eigenvalue weighted by Gasteiger charge is 2.28. The first-order chi connectivity index (χ1) is 8.47. The minimum absolute atomic E-state index is 0.333. The van der Waals surface area contributed by atoms with Crippen molar-refractivity contribution in [3.8, 4) is 0 Å². The summed E-state index contributed by atoms with van der Waals surface area (Å²) in [7, 11) is 4.13. The molecule has 0 spiro atoms. The number of likely N-dealkylation sites (N-methyl/N-ethyl adjacent to an activating group) is 1. The van der Waals surface area contributed by atoms with Gasteiger partial charge in [-0.15, -0.1) is 0 Å². The largest absolute Gasteiger partial charge is 0.383 e. The number of rotatable bonds is 5. The van der Waals surface area contributed by atoms with Gasteiger partial charge in [0.15, 0.2) is 0 Å². The Balaban J connectivity index is 2.15. The van der Waals surface area contributed by atoms with Crippen LogP contribution in [0.2, 0.25) is 0 Å². The van der Waals surface area contributed by atoms with Crippen LogP contribution in [0.25, 0.3) is 0 Å². The van der Waals surface area contributed by atoms with Gasteiger partial charge >= 0.3 is 0 Å². The highest BCUT2D eigenvalue weighted by atomic mass is 15.1. The maximum atomic E-state index is 5.96. The van der Waals surface area contributed by atoms with Gasteiger partial charge < -0.3 is 16.0 Å². The third-order valence-electron chi connectivity index (χ3n) is 3.17. The van der Waals surface area contributed by atoms with E-state index in [9.17, 15) is 0 Å². The van der Waals surface area contributed by atoms with Gasteiger partial charge in [-0.1, -0.05) is 0 Å². The predicted octanol–water partition coefficient (Wildman–Crippen LogP) is 1.61. The summed E-state index contributed by atoms with van der Waals surface area (Å²) in [6.07, 6.45) is 2.38. The van der Waals surface area contributed by atoms with Crippen LogP contribution in [0.5, 0.6) is 0 Å². The Hall–Kier alpha value is -1.36. The summed E-state index contributed by atoms with van der Waals surface area (Å²) in [6, 6.07) is 0.333. The van der Waals surface area contributed by atoms with Crippen LogP contribution in [-0.2, 0) is 0 Å². The molecule has 1 aliphatic carbocycles. The molecule has 0 aliphatic heterocycles. The van der Waals surface area contributed by atoms with Crippen LogP contribution in [0, 0.1) is 6.92 Å². The molecule has 5 heteroatoms. The fourth-order valence-corrected chi connectivity index (χ4v) is 2.04. The second-order valence-corrected chi connectivity index (χ2v) is 5.52. The molecule has 1 aliphatic rings. The van der Waals surface area contributed by atoms with Gasteiger partial charge in [-0.3, -0.25) is 0 Å². The van der Waals surface area contributed by atoms with Crippen LogP contribution >= 0.6 is 0 Å². The average molecular weight is 249 g/mol. The van der Waals surface area contributed by atoms with E-state index in [0.29, 0.717) is 17.8 Å². The van der Waals surface area contributed by atoms with Crippen molar-refractivity contribution in [2.24, 2.45) is 0 Å². The number of nitrogens with two attached hydrogens (primary N) is 1. The summed E-state index contributed by atoms with van der Waals surface area (Å²) >= 11 is 0. The first-order valence-corrected chi connectivity index (χ1v) is 6.52. The second-order valence-electron chi connectivity index (χ2n) is 5.52. The minimum atomic E-state index is 0.333. The topological polar surface area (TPSA) is 67.1 Å². The fourth-order valence-electron chi connectivity index (χ4n) is 2.04. The summed E-state index contributed by atoms with van der Waals surface area (Å²) in [4.78, 5) is 11.2. The summed E-state index contributed by atoms with van der Waals surface area (Å²) in [5.74, 6) is 2.92. The zero-order chi connectivity index (χ0) is 13.3. The van der Waals surface area contributed by atoms with E-state index in [1.165, 1.54) is 12.8 Å². The van der Waals surface area contributed by atoms with Gasteiger partial charge in [0.05, 0.1) is 0 Å². The third kappa shape index (κ3) is 3.10. The normalized spacial score (nSPS) is 16.9. The molecule has 18 heavy (non-hydrogen) atoms. The molecule has 1 heterocycles. The first-order valence-electron chi connectivity index (χ1n) is 6.52. The Kier molecular flexibility index (Phi) is 3.71. The Morgan fingerprint density at radius 3 is 2.61 bits per heavy atom. The van der Waals surface area contributed by atoms with Crippen molar-refractivity contribution in [1.82, 2.24) is 14.9 Å². The summed E-state index contributed by atoms with van der Waals surface area (Å²) in [6.45, 7) is 5.08. The molecule has 1 unspecified atom stereocenters. The summed E-state index contributed by atoms with van der Waals surface area (Å²) in [5.41, 5.74) is 6.91. The number of nitrogens with one attached hydrogen (secondary N) is 1. The van der Waals surface area contributed by atoms with Crippen LogP contribution < -0.4 is 11.1 Å². The van der Waals surface area contributed by atoms with Crippen molar-refractivity contribution in [2.75, 3.05) is 31.7 Å². The number of hydrogen-bond donors (Lipinski definition) is 2. The van der Waals surface area contributed by atoms with Gasteiger partial charge in [0.1, 0.15) is 17.5 Å². The van der Waals surface area contributed by atoms with E-state index in [4.69, 9.17) is 5.73 Å². The molecule has 5 nitrogen and oxygen atoms in total. The predicted molar refractivity (Wildman–Crippen MR) is 74.8 cm³/mol. The molecule has 0 bridgehead atoms. The Morgan fingerprint density at radius 2 is 2.06 bits per heavy atom. The van der Waals surface area contributed by atoms with E-state index in [1.54, 1.807) is 0 Å². The lowest BCUT2D eigenvalue weighted by Crippen LogP contribution is -2.30. The van der Waals surface area contributed by atoms with Crippen LogP contribution in [-0.4, -0.2) is 41.5 Å². The SMILES string of the molecule is Cc1c(N)nc(C2CC2)nc1NC(C)CN(C)C. The maximum Gasteiger partial charge on any atom is 0.136 e. The highest BCUT2D eigenvalue weighted by molar-refractivity contribution is 5.55. The van der Waals surface area contributed by atoms with Gasteiger partial charge in [-0.2, -0.15) is 0 Å². The molecule has 1 aromatic heterocycles. The van der Waals surface area contributed by atoms with E-state index in [1.807, 2.05) is 6.92 Å². The van der Waals surface area contributed by atoms with E-state index in [-0.39, 0.29) is 0 Å². The smallest absolute Gasteiger partial charge is 0.136 e. The number of anilines is 2. The maximum absolute atomic E-state index is 5.96. The van der Waals surface area contributed by atoms with E-state index >= 15 is 0 Å². The van der Waals surface area contributed by atoms with Gasteiger partial charge in [-0.25, -0.2) is 9.97 Å². The molecule has 1 aromatic rings. The lowest BCUT2D eigenvalue weighted by Gasteiger charge is -2.20. The van der Waals surface area contributed by atoms with E-state index < -0.39 is 0 Å².